The van der Waals surface area contributed by atoms with E-state index in [1.165, 1.54) is 22.2 Å². The third-order valence-corrected chi connectivity index (χ3v) is 4.12. The summed E-state index contributed by atoms with van der Waals surface area (Å²) in [6, 6.07) is 2.69. The number of hydrogen-bond acceptors (Lipinski definition) is 3. The van der Waals surface area contributed by atoms with E-state index in [9.17, 15) is 0 Å². The van der Waals surface area contributed by atoms with Crippen LogP contribution in [0.2, 0.25) is 0 Å². The summed E-state index contributed by atoms with van der Waals surface area (Å²) in [5.74, 6) is 0. The Balaban J connectivity index is 2.49. The lowest BCUT2D eigenvalue weighted by Crippen LogP contribution is -2.37. The van der Waals surface area contributed by atoms with Gasteiger partial charge < -0.3 is 5.73 Å². The lowest BCUT2D eigenvalue weighted by atomic mass is 10.1. The first-order chi connectivity index (χ1) is 7.17. The molecule has 0 aliphatic carbocycles. The van der Waals surface area contributed by atoms with Crippen LogP contribution in [-0.4, -0.2) is 24.5 Å². The van der Waals surface area contributed by atoms with E-state index in [1.807, 2.05) is 0 Å². The zero-order valence-corrected chi connectivity index (χ0v) is 11.8. The molecule has 0 amide bonds. The maximum absolute atomic E-state index is 5.77. The van der Waals surface area contributed by atoms with E-state index in [4.69, 9.17) is 5.73 Å². The second-order valence-corrected chi connectivity index (χ2v) is 6.14. The second-order valence-electron chi connectivity index (χ2n) is 3.85. The summed E-state index contributed by atoms with van der Waals surface area (Å²) in [6.07, 6.45) is 2.37. The second kappa shape index (κ2) is 6.63. The Morgan fingerprint density at radius 3 is 2.80 bits per heavy atom. The van der Waals surface area contributed by atoms with E-state index < -0.39 is 0 Å². The summed E-state index contributed by atoms with van der Waals surface area (Å²) in [7, 11) is 2.15. The molecule has 1 unspecified atom stereocenters. The van der Waals surface area contributed by atoms with Crippen LogP contribution in [0.25, 0.3) is 0 Å². The maximum atomic E-state index is 5.77. The van der Waals surface area contributed by atoms with Crippen molar-refractivity contribution in [2.45, 2.75) is 32.4 Å². The van der Waals surface area contributed by atoms with Gasteiger partial charge in [0.1, 0.15) is 0 Å². The van der Waals surface area contributed by atoms with Crippen LogP contribution < -0.4 is 5.73 Å². The number of thiophene rings is 1. The summed E-state index contributed by atoms with van der Waals surface area (Å²) in [4.78, 5) is 2.35. The minimum Gasteiger partial charge on any atom is -0.329 e. The average molecular weight is 291 g/mol. The number of likely N-dealkylation sites (N-methyl/N-ethyl adjacent to an activating group) is 1. The van der Waals surface area contributed by atoms with Gasteiger partial charge in [0.25, 0.3) is 0 Å². The maximum Gasteiger partial charge on any atom is 0.0701 e. The van der Waals surface area contributed by atoms with Gasteiger partial charge in [-0.1, -0.05) is 13.3 Å². The molecule has 4 heteroatoms. The zero-order chi connectivity index (χ0) is 11.3. The molecule has 1 rings (SSSR count). The molecule has 1 heterocycles. The van der Waals surface area contributed by atoms with E-state index >= 15 is 0 Å². The highest BCUT2D eigenvalue weighted by Gasteiger charge is 2.12. The molecule has 0 aliphatic heterocycles. The standard InChI is InChI=1S/C11H19BrN2S/c1-3-4-10(6-13)14(2)7-9-5-11(12)15-8-9/h5,8,10H,3-4,6-7,13H2,1-2H3. The molecule has 0 saturated heterocycles. The van der Waals surface area contributed by atoms with Gasteiger partial charge in [0.15, 0.2) is 0 Å². The Hall–Kier alpha value is 0.100. The predicted octanol–water partition coefficient (Wildman–Crippen LogP) is 3.07. The highest BCUT2D eigenvalue weighted by Crippen LogP contribution is 2.22. The van der Waals surface area contributed by atoms with Crippen LogP contribution in [0, 0.1) is 0 Å². The molecule has 0 fully saturated rings. The molecular weight excluding hydrogens is 272 g/mol. The monoisotopic (exact) mass is 290 g/mol. The number of nitrogens with zero attached hydrogens (tertiary/aromatic N) is 1. The summed E-state index contributed by atoms with van der Waals surface area (Å²) >= 11 is 5.22. The van der Waals surface area contributed by atoms with Crippen molar-refractivity contribution in [1.82, 2.24) is 4.90 Å². The van der Waals surface area contributed by atoms with Crippen LogP contribution in [0.4, 0.5) is 0 Å². The Bertz CT molecular complexity index is 288. The first kappa shape index (κ1) is 13.2. The summed E-state index contributed by atoms with van der Waals surface area (Å²) in [5, 5.41) is 2.19. The zero-order valence-electron chi connectivity index (χ0n) is 9.37. The van der Waals surface area contributed by atoms with Crippen molar-refractivity contribution in [3.05, 3.63) is 20.8 Å². The Morgan fingerprint density at radius 1 is 1.60 bits per heavy atom. The smallest absolute Gasteiger partial charge is 0.0701 e. The fourth-order valence-corrected chi connectivity index (χ4v) is 2.90. The summed E-state index contributed by atoms with van der Waals surface area (Å²) in [5.41, 5.74) is 7.14. The van der Waals surface area contributed by atoms with Gasteiger partial charge in [-0.25, -0.2) is 0 Å². The highest BCUT2D eigenvalue weighted by atomic mass is 79.9. The molecular formula is C11H19BrN2S. The molecule has 15 heavy (non-hydrogen) atoms. The third kappa shape index (κ3) is 4.23. The topological polar surface area (TPSA) is 29.3 Å². The van der Waals surface area contributed by atoms with E-state index in [2.05, 4.69) is 46.2 Å². The largest absolute Gasteiger partial charge is 0.329 e. The predicted molar refractivity (Wildman–Crippen MR) is 71.2 cm³/mol. The third-order valence-electron chi connectivity index (χ3n) is 2.57. The van der Waals surface area contributed by atoms with E-state index in [-0.39, 0.29) is 0 Å². The van der Waals surface area contributed by atoms with E-state index in [1.54, 1.807) is 11.3 Å². The molecule has 0 spiro atoms. The molecule has 1 aromatic heterocycles. The van der Waals surface area contributed by atoms with Crippen molar-refractivity contribution < 1.29 is 0 Å². The molecule has 0 aliphatic rings. The van der Waals surface area contributed by atoms with Gasteiger partial charge in [-0.2, -0.15) is 0 Å². The fraction of sp³-hybridized carbons (Fsp3) is 0.636. The molecule has 0 radical (unpaired) electrons. The molecule has 0 saturated carbocycles. The van der Waals surface area contributed by atoms with Crippen molar-refractivity contribution in [2.24, 2.45) is 5.73 Å². The summed E-state index contributed by atoms with van der Waals surface area (Å²) in [6.45, 7) is 3.94. The molecule has 2 N–H and O–H groups in total. The van der Waals surface area contributed by atoms with Crippen molar-refractivity contribution in [1.29, 1.82) is 0 Å². The number of halogens is 1. The lowest BCUT2D eigenvalue weighted by Gasteiger charge is -2.26. The minimum absolute atomic E-state index is 0.508. The van der Waals surface area contributed by atoms with Crippen molar-refractivity contribution >= 4 is 27.3 Å². The van der Waals surface area contributed by atoms with Crippen LogP contribution in [0.3, 0.4) is 0 Å². The number of nitrogens with two attached hydrogens (primary N) is 1. The van der Waals surface area contributed by atoms with Gasteiger partial charge in [-0.15, -0.1) is 11.3 Å². The van der Waals surface area contributed by atoms with Gasteiger partial charge >= 0.3 is 0 Å². The molecule has 0 bridgehead atoms. The van der Waals surface area contributed by atoms with Gasteiger partial charge in [0.05, 0.1) is 3.79 Å². The lowest BCUT2D eigenvalue weighted by molar-refractivity contribution is 0.226. The number of hydrogen-bond donors (Lipinski definition) is 1. The van der Waals surface area contributed by atoms with E-state index in [0.717, 1.165) is 13.1 Å². The highest BCUT2D eigenvalue weighted by molar-refractivity contribution is 9.11. The van der Waals surface area contributed by atoms with Crippen LogP contribution in [0.5, 0.6) is 0 Å². The molecule has 2 nitrogen and oxygen atoms in total. The minimum atomic E-state index is 0.508. The first-order valence-corrected chi connectivity index (χ1v) is 6.97. The van der Waals surface area contributed by atoms with Crippen LogP contribution >= 0.6 is 27.3 Å². The number of rotatable bonds is 6. The van der Waals surface area contributed by atoms with Crippen molar-refractivity contribution in [2.75, 3.05) is 13.6 Å². The van der Waals surface area contributed by atoms with Crippen molar-refractivity contribution in [3.8, 4) is 0 Å². The Morgan fingerprint density at radius 2 is 2.33 bits per heavy atom. The van der Waals surface area contributed by atoms with Crippen LogP contribution in [0.15, 0.2) is 15.2 Å². The van der Waals surface area contributed by atoms with Gasteiger partial charge in [0.2, 0.25) is 0 Å². The average Bonchev–Trinajstić information content (AvgIpc) is 2.60. The van der Waals surface area contributed by atoms with Gasteiger partial charge in [0, 0.05) is 19.1 Å². The SMILES string of the molecule is CCCC(CN)N(C)Cc1csc(Br)c1. The quantitative estimate of drug-likeness (QED) is 0.872. The molecule has 1 aromatic rings. The van der Waals surface area contributed by atoms with Gasteiger partial charge in [-0.3, -0.25) is 4.90 Å². The molecule has 0 aromatic carbocycles. The Kier molecular flexibility index (Phi) is 5.82. The van der Waals surface area contributed by atoms with Crippen molar-refractivity contribution in [3.63, 3.8) is 0 Å². The fourth-order valence-electron chi connectivity index (χ4n) is 1.70. The van der Waals surface area contributed by atoms with E-state index in [0.29, 0.717) is 6.04 Å². The Labute approximate surface area is 105 Å². The molecule has 86 valence electrons. The van der Waals surface area contributed by atoms with Gasteiger partial charge in [-0.05, 0) is 46.4 Å². The molecule has 1 atom stereocenters. The first-order valence-electron chi connectivity index (χ1n) is 5.30. The van der Waals surface area contributed by atoms with Crippen LogP contribution in [0.1, 0.15) is 25.3 Å². The van der Waals surface area contributed by atoms with Crippen LogP contribution in [-0.2, 0) is 6.54 Å². The summed E-state index contributed by atoms with van der Waals surface area (Å²) < 4.78 is 1.20. The normalized spacial score (nSPS) is 13.4.